The van der Waals surface area contributed by atoms with E-state index in [-0.39, 0.29) is 12.1 Å². The van der Waals surface area contributed by atoms with E-state index in [1.54, 1.807) is 0 Å². The van der Waals surface area contributed by atoms with Crippen molar-refractivity contribution in [3.63, 3.8) is 0 Å². The Hall–Kier alpha value is -1.32. The number of carbonyl (C=O) groups excluding carboxylic acids is 1. The summed E-state index contributed by atoms with van der Waals surface area (Å²) < 4.78 is 5.27. The third-order valence-corrected chi connectivity index (χ3v) is 3.06. The number of hydrogen-bond donors (Lipinski definition) is 1. The smallest absolute Gasteiger partial charge is 0.310 e. The van der Waals surface area contributed by atoms with Crippen LogP contribution in [-0.2, 0) is 14.3 Å². The molecule has 0 aliphatic heterocycles. The maximum Gasteiger partial charge on any atom is 0.310 e. The lowest BCUT2D eigenvalue weighted by molar-refractivity contribution is -0.161. The lowest BCUT2D eigenvalue weighted by Gasteiger charge is -2.25. The van der Waals surface area contributed by atoms with Crippen molar-refractivity contribution >= 4 is 11.9 Å². The molecule has 0 aromatic rings. The summed E-state index contributed by atoms with van der Waals surface area (Å²) in [5, 5.41) is 9.05. The fourth-order valence-electron chi connectivity index (χ4n) is 2.10. The van der Waals surface area contributed by atoms with Gasteiger partial charge in [0.25, 0.3) is 0 Å². The first-order chi connectivity index (χ1) is 8.06. The van der Waals surface area contributed by atoms with Crippen LogP contribution in [0.5, 0.6) is 0 Å². The van der Waals surface area contributed by atoms with Gasteiger partial charge in [0.2, 0.25) is 0 Å². The van der Waals surface area contributed by atoms with Crippen molar-refractivity contribution in [2.75, 3.05) is 0 Å². The summed E-state index contributed by atoms with van der Waals surface area (Å²) >= 11 is 0. The molecule has 3 atom stereocenters. The Morgan fingerprint density at radius 2 is 1.94 bits per heavy atom. The first kappa shape index (κ1) is 13.7. The maximum absolute atomic E-state index is 11.9. The van der Waals surface area contributed by atoms with Crippen LogP contribution < -0.4 is 0 Å². The predicted molar refractivity (Wildman–Crippen MR) is 63.5 cm³/mol. The van der Waals surface area contributed by atoms with Crippen LogP contribution in [0.25, 0.3) is 0 Å². The molecule has 1 unspecified atom stereocenters. The minimum Gasteiger partial charge on any atom is -0.481 e. The van der Waals surface area contributed by atoms with Crippen molar-refractivity contribution < 1.29 is 19.4 Å². The molecule has 4 nitrogen and oxygen atoms in total. The van der Waals surface area contributed by atoms with E-state index in [0.717, 1.165) is 12.8 Å². The molecule has 1 rings (SSSR count). The monoisotopic (exact) mass is 240 g/mol. The van der Waals surface area contributed by atoms with Crippen LogP contribution in [0.2, 0.25) is 0 Å². The van der Waals surface area contributed by atoms with E-state index in [9.17, 15) is 9.59 Å². The quantitative estimate of drug-likeness (QED) is 0.592. The van der Waals surface area contributed by atoms with Gasteiger partial charge in [-0.15, -0.1) is 0 Å². The van der Waals surface area contributed by atoms with Crippen LogP contribution in [0.15, 0.2) is 12.2 Å². The summed E-state index contributed by atoms with van der Waals surface area (Å²) in [6, 6.07) is 0. The minimum absolute atomic E-state index is 0.132. The van der Waals surface area contributed by atoms with Gasteiger partial charge in [-0.2, -0.15) is 0 Å². The van der Waals surface area contributed by atoms with Gasteiger partial charge in [0.15, 0.2) is 0 Å². The topological polar surface area (TPSA) is 63.6 Å². The summed E-state index contributed by atoms with van der Waals surface area (Å²) in [7, 11) is 0. The molecule has 0 amide bonds. The molecule has 1 N–H and O–H groups in total. The van der Waals surface area contributed by atoms with Crippen molar-refractivity contribution in [2.45, 2.75) is 45.6 Å². The third-order valence-electron chi connectivity index (χ3n) is 3.06. The molecule has 1 aliphatic carbocycles. The SMILES string of the molecule is CCCC(C)OC(=O)[C@@H]1CC=CC[C@H]1C(=O)O. The average molecular weight is 240 g/mol. The molecular weight excluding hydrogens is 220 g/mol. The number of carbonyl (C=O) groups is 2. The average Bonchev–Trinajstić information content (AvgIpc) is 2.29. The van der Waals surface area contributed by atoms with Gasteiger partial charge in [-0.1, -0.05) is 25.5 Å². The van der Waals surface area contributed by atoms with Crippen LogP contribution >= 0.6 is 0 Å². The molecule has 96 valence electrons. The first-order valence-electron chi connectivity index (χ1n) is 6.14. The van der Waals surface area contributed by atoms with Crippen molar-refractivity contribution in [3.05, 3.63) is 12.2 Å². The number of ether oxygens (including phenoxy) is 1. The second-order valence-electron chi connectivity index (χ2n) is 4.53. The number of carboxylic acid groups (broad SMARTS) is 1. The third kappa shape index (κ3) is 3.88. The van der Waals surface area contributed by atoms with E-state index in [0.29, 0.717) is 12.8 Å². The van der Waals surface area contributed by atoms with E-state index in [4.69, 9.17) is 9.84 Å². The van der Waals surface area contributed by atoms with E-state index < -0.39 is 17.8 Å². The van der Waals surface area contributed by atoms with Gasteiger partial charge >= 0.3 is 11.9 Å². The van der Waals surface area contributed by atoms with Gasteiger partial charge in [-0.05, 0) is 26.2 Å². The number of esters is 1. The normalized spacial score (nSPS) is 25.3. The number of allylic oxidation sites excluding steroid dienone is 2. The van der Waals surface area contributed by atoms with Gasteiger partial charge in [-0.3, -0.25) is 9.59 Å². The van der Waals surface area contributed by atoms with Crippen LogP contribution in [0.4, 0.5) is 0 Å². The maximum atomic E-state index is 11.9. The summed E-state index contributed by atoms with van der Waals surface area (Å²) in [5.74, 6) is -2.46. The molecular formula is C13H20O4. The molecule has 0 aromatic heterocycles. The number of rotatable bonds is 5. The molecule has 0 spiro atoms. The highest BCUT2D eigenvalue weighted by atomic mass is 16.5. The number of aliphatic carboxylic acids is 1. The Labute approximate surface area is 102 Å². The molecule has 0 aromatic carbocycles. The Bertz CT molecular complexity index is 309. The minimum atomic E-state index is -0.917. The highest BCUT2D eigenvalue weighted by Crippen LogP contribution is 2.27. The molecule has 0 heterocycles. The van der Waals surface area contributed by atoms with Gasteiger partial charge in [0, 0.05) is 0 Å². The van der Waals surface area contributed by atoms with Crippen LogP contribution in [-0.4, -0.2) is 23.1 Å². The Morgan fingerprint density at radius 3 is 2.47 bits per heavy atom. The first-order valence-corrected chi connectivity index (χ1v) is 6.14. The zero-order valence-electron chi connectivity index (χ0n) is 10.4. The molecule has 0 saturated carbocycles. The molecule has 0 fully saturated rings. The summed E-state index contributed by atoms with van der Waals surface area (Å²) in [6.45, 7) is 3.86. The van der Waals surface area contributed by atoms with Crippen molar-refractivity contribution in [3.8, 4) is 0 Å². The van der Waals surface area contributed by atoms with Gasteiger partial charge in [0.05, 0.1) is 17.9 Å². The highest BCUT2D eigenvalue weighted by molar-refractivity contribution is 5.81. The fourth-order valence-corrected chi connectivity index (χ4v) is 2.10. The molecule has 4 heteroatoms. The summed E-state index contributed by atoms with van der Waals surface area (Å²) in [4.78, 5) is 22.9. The Kier molecular flexibility index (Phi) is 5.19. The molecule has 1 aliphatic rings. The van der Waals surface area contributed by atoms with Crippen LogP contribution in [0.1, 0.15) is 39.5 Å². The zero-order chi connectivity index (χ0) is 12.8. The van der Waals surface area contributed by atoms with Crippen LogP contribution in [0.3, 0.4) is 0 Å². The molecule has 0 bridgehead atoms. The van der Waals surface area contributed by atoms with E-state index in [1.807, 2.05) is 26.0 Å². The lowest BCUT2D eigenvalue weighted by atomic mass is 9.83. The van der Waals surface area contributed by atoms with E-state index in [2.05, 4.69) is 0 Å². The van der Waals surface area contributed by atoms with E-state index in [1.165, 1.54) is 0 Å². The second-order valence-corrected chi connectivity index (χ2v) is 4.53. The number of carboxylic acids is 1. The largest absolute Gasteiger partial charge is 0.481 e. The predicted octanol–water partition coefficient (Wildman–Crippen LogP) is 2.39. The number of hydrogen-bond acceptors (Lipinski definition) is 3. The second kappa shape index (κ2) is 6.42. The zero-order valence-corrected chi connectivity index (χ0v) is 10.4. The standard InChI is InChI=1S/C13H20O4/c1-3-6-9(2)17-13(16)11-8-5-4-7-10(11)12(14)15/h4-5,9-11H,3,6-8H2,1-2H3,(H,14,15)/t9?,10-,11-/m1/s1. The van der Waals surface area contributed by atoms with Crippen molar-refractivity contribution in [1.29, 1.82) is 0 Å². The van der Waals surface area contributed by atoms with E-state index >= 15 is 0 Å². The Balaban J connectivity index is 2.60. The molecule has 0 radical (unpaired) electrons. The van der Waals surface area contributed by atoms with Crippen LogP contribution in [0, 0.1) is 11.8 Å². The molecule has 17 heavy (non-hydrogen) atoms. The fraction of sp³-hybridized carbons (Fsp3) is 0.692. The van der Waals surface area contributed by atoms with Crippen molar-refractivity contribution in [2.24, 2.45) is 11.8 Å². The van der Waals surface area contributed by atoms with Gasteiger partial charge in [0.1, 0.15) is 0 Å². The summed E-state index contributed by atoms with van der Waals surface area (Å²) in [6.07, 6.45) is 6.18. The molecule has 0 saturated heterocycles. The lowest BCUT2D eigenvalue weighted by Crippen LogP contribution is -2.33. The van der Waals surface area contributed by atoms with Crippen molar-refractivity contribution in [1.82, 2.24) is 0 Å². The van der Waals surface area contributed by atoms with Gasteiger partial charge in [-0.25, -0.2) is 0 Å². The highest BCUT2D eigenvalue weighted by Gasteiger charge is 2.35. The Morgan fingerprint density at radius 1 is 1.35 bits per heavy atom. The summed E-state index contributed by atoms with van der Waals surface area (Å²) in [5.41, 5.74) is 0. The van der Waals surface area contributed by atoms with Gasteiger partial charge < -0.3 is 9.84 Å².